The second kappa shape index (κ2) is 5.30. The fourth-order valence-corrected chi connectivity index (χ4v) is 3.18. The Balaban J connectivity index is 2.23. The Hall–Kier alpha value is -1.41. The van der Waals surface area contributed by atoms with Gasteiger partial charge in [-0.25, -0.2) is 13.4 Å². The molecule has 0 aliphatic heterocycles. The zero-order chi connectivity index (χ0) is 14.0. The van der Waals surface area contributed by atoms with E-state index >= 15 is 0 Å². The number of H-pyrrole nitrogens is 1. The van der Waals surface area contributed by atoms with Crippen LogP contribution in [0.5, 0.6) is 0 Å². The number of carboxylic acid groups (broad SMARTS) is 1. The molecule has 1 aromatic rings. The molecule has 0 bridgehead atoms. The third-order valence-corrected chi connectivity index (χ3v) is 4.75. The standard InChI is InChI=1S/C11H17N3O4S/c1-2-9-12-5-10(13-9)19(17,18)14(7-11(15)16)6-8-3-4-8/h5,8H,2-4,6-7H2,1H3,(H,12,13)(H,15,16). The molecule has 1 aromatic heterocycles. The lowest BCUT2D eigenvalue weighted by atomic mass is 10.4. The van der Waals surface area contributed by atoms with Crippen molar-refractivity contribution in [1.29, 1.82) is 0 Å². The molecule has 8 heteroatoms. The Bertz CT molecular complexity index is 562. The first-order valence-electron chi connectivity index (χ1n) is 6.19. The molecule has 1 aliphatic carbocycles. The predicted octanol–water partition coefficient (Wildman–Crippen LogP) is 0.457. The van der Waals surface area contributed by atoms with Gasteiger partial charge in [0, 0.05) is 13.0 Å². The van der Waals surface area contributed by atoms with Gasteiger partial charge in [0.05, 0.1) is 6.20 Å². The minimum absolute atomic E-state index is 0.0359. The number of aryl methyl sites for hydroxylation is 1. The average molecular weight is 287 g/mol. The maximum atomic E-state index is 12.4. The van der Waals surface area contributed by atoms with E-state index in [1.165, 1.54) is 6.20 Å². The lowest BCUT2D eigenvalue weighted by molar-refractivity contribution is -0.137. The summed E-state index contributed by atoms with van der Waals surface area (Å²) in [6.45, 7) is 1.60. The van der Waals surface area contributed by atoms with E-state index in [1.54, 1.807) is 0 Å². The van der Waals surface area contributed by atoms with Crippen molar-refractivity contribution in [3.63, 3.8) is 0 Å². The summed E-state index contributed by atoms with van der Waals surface area (Å²) in [5.74, 6) is -0.303. The van der Waals surface area contributed by atoms with E-state index < -0.39 is 22.5 Å². The number of nitrogens with zero attached hydrogens (tertiary/aromatic N) is 2. The fourth-order valence-electron chi connectivity index (χ4n) is 1.78. The summed E-state index contributed by atoms with van der Waals surface area (Å²) < 4.78 is 25.7. The molecular weight excluding hydrogens is 270 g/mol. The van der Waals surface area contributed by atoms with Gasteiger partial charge in [-0.1, -0.05) is 6.92 Å². The van der Waals surface area contributed by atoms with E-state index in [0.717, 1.165) is 17.1 Å². The number of carbonyl (C=O) groups is 1. The van der Waals surface area contributed by atoms with Crippen molar-refractivity contribution in [2.45, 2.75) is 31.2 Å². The number of aromatic nitrogens is 2. The third-order valence-electron chi connectivity index (χ3n) is 3.03. The highest BCUT2D eigenvalue weighted by Crippen LogP contribution is 2.31. The smallest absolute Gasteiger partial charge is 0.318 e. The summed E-state index contributed by atoms with van der Waals surface area (Å²) in [4.78, 5) is 17.5. The minimum atomic E-state index is -3.81. The topological polar surface area (TPSA) is 103 Å². The van der Waals surface area contributed by atoms with E-state index in [1.807, 2.05) is 6.92 Å². The van der Waals surface area contributed by atoms with Crippen LogP contribution in [-0.2, 0) is 21.2 Å². The number of nitrogens with one attached hydrogen (secondary N) is 1. The Kier molecular flexibility index (Phi) is 3.91. The molecule has 0 radical (unpaired) electrons. The molecule has 106 valence electrons. The summed E-state index contributed by atoms with van der Waals surface area (Å²) >= 11 is 0. The van der Waals surface area contributed by atoms with Crippen LogP contribution in [0.4, 0.5) is 0 Å². The highest BCUT2D eigenvalue weighted by Gasteiger charge is 2.33. The number of imidazole rings is 1. The van der Waals surface area contributed by atoms with Crippen molar-refractivity contribution in [2.24, 2.45) is 5.92 Å². The maximum Gasteiger partial charge on any atom is 0.318 e. The molecule has 1 heterocycles. The molecule has 1 aliphatic rings. The Morgan fingerprint density at radius 3 is 2.74 bits per heavy atom. The van der Waals surface area contributed by atoms with Gasteiger partial charge in [0.1, 0.15) is 12.4 Å². The van der Waals surface area contributed by atoms with Gasteiger partial charge in [0.25, 0.3) is 10.0 Å². The molecule has 2 rings (SSSR count). The van der Waals surface area contributed by atoms with Crippen molar-refractivity contribution in [3.8, 4) is 0 Å². The highest BCUT2D eigenvalue weighted by atomic mass is 32.2. The highest BCUT2D eigenvalue weighted by molar-refractivity contribution is 7.89. The van der Waals surface area contributed by atoms with Crippen LogP contribution >= 0.6 is 0 Å². The van der Waals surface area contributed by atoms with E-state index in [4.69, 9.17) is 5.11 Å². The number of rotatable bonds is 7. The first kappa shape index (κ1) is 14.0. The molecule has 0 saturated heterocycles. The predicted molar refractivity (Wildman–Crippen MR) is 67.1 cm³/mol. The van der Waals surface area contributed by atoms with Crippen LogP contribution in [0.2, 0.25) is 0 Å². The molecule has 1 fully saturated rings. The largest absolute Gasteiger partial charge is 0.480 e. The van der Waals surface area contributed by atoms with Crippen LogP contribution in [0.1, 0.15) is 25.6 Å². The number of hydrogen-bond donors (Lipinski definition) is 2. The van der Waals surface area contributed by atoms with E-state index in [0.29, 0.717) is 12.2 Å². The quantitative estimate of drug-likeness (QED) is 0.758. The van der Waals surface area contributed by atoms with Crippen LogP contribution in [-0.4, -0.2) is 46.9 Å². The number of aromatic amines is 1. The molecule has 19 heavy (non-hydrogen) atoms. The van der Waals surface area contributed by atoms with Gasteiger partial charge < -0.3 is 10.1 Å². The molecule has 0 spiro atoms. The van der Waals surface area contributed by atoms with Crippen LogP contribution in [0.3, 0.4) is 0 Å². The van der Waals surface area contributed by atoms with Crippen molar-refractivity contribution in [3.05, 3.63) is 12.0 Å². The molecule has 2 N–H and O–H groups in total. The van der Waals surface area contributed by atoms with Crippen molar-refractivity contribution in [1.82, 2.24) is 14.3 Å². The average Bonchev–Trinajstić information content (AvgIpc) is 3.02. The zero-order valence-electron chi connectivity index (χ0n) is 10.7. The van der Waals surface area contributed by atoms with Crippen LogP contribution < -0.4 is 0 Å². The normalized spacial score (nSPS) is 15.9. The Morgan fingerprint density at radius 2 is 2.26 bits per heavy atom. The van der Waals surface area contributed by atoms with Crippen LogP contribution in [0.15, 0.2) is 11.2 Å². The van der Waals surface area contributed by atoms with E-state index in [9.17, 15) is 13.2 Å². The van der Waals surface area contributed by atoms with Crippen LogP contribution in [0, 0.1) is 5.92 Å². The number of aliphatic carboxylic acids is 1. The van der Waals surface area contributed by atoms with Gasteiger partial charge in [0.15, 0.2) is 5.03 Å². The number of hydrogen-bond acceptors (Lipinski definition) is 4. The van der Waals surface area contributed by atoms with Crippen molar-refractivity contribution < 1.29 is 18.3 Å². The molecule has 7 nitrogen and oxygen atoms in total. The number of carboxylic acids is 1. The van der Waals surface area contributed by atoms with Crippen LogP contribution in [0.25, 0.3) is 0 Å². The van der Waals surface area contributed by atoms with Gasteiger partial charge in [-0.05, 0) is 18.8 Å². The second-order valence-electron chi connectivity index (χ2n) is 4.68. The van der Waals surface area contributed by atoms with Gasteiger partial charge in [0.2, 0.25) is 0 Å². The monoisotopic (exact) mass is 287 g/mol. The summed E-state index contributed by atoms with van der Waals surface area (Å²) in [5, 5.41) is 8.81. The van der Waals surface area contributed by atoms with Crippen molar-refractivity contribution in [2.75, 3.05) is 13.1 Å². The molecule has 0 amide bonds. The number of sulfonamides is 1. The van der Waals surface area contributed by atoms with E-state index in [2.05, 4.69) is 9.97 Å². The van der Waals surface area contributed by atoms with Gasteiger partial charge in [-0.15, -0.1) is 0 Å². The molecule has 1 saturated carbocycles. The SMILES string of the molecule is CCc1ncc(S(=O)(=O)N(CC(=O)O)CC2CC2)[nH]1. The molecule has 0 unspecified atom stereocenters. The van der Waals surface area contributed by atoms with Gasteiger partial charge in [-0.3, -0.25) is 4.79 Å². The molecule has 0 aromatic carbocycles. The lowest BCUT2D eigenvalue weighted by Crippen LogP contribution is -2.37. The Labute approximate surface area is 111 Å². The van der Waals surface area contributed by atoms with Crippen molar-refractivity contribution >= 4 is 16.0 Å². The van der Waals surface area contributed by atoms with Gasteiger partial charge >= 0.3 is 5.97 Å². The summed E-state index contributed by atoms with van der Waals surface area (Å²) in [7, 11) is -3.81. The summed E-state index contributed by atoms with van der Waals surface area (Å²) in [5.41, 5.74) is 0. The van der Waals surface area contributed by atoms with Gasteiger partial charge in [-0.2, -0.15) is 4.31 Å². The molecule has 0 atom stereocenters. The zero-order valence-corrected chi connectivity index (χ0v) is 11.5. The van der Waals surface area contributed by atoms with E-state index in [-0.39, 0.29) is 17.5 Å². The first-order chi connectivity index (χ1) is 8.93. The Morgan fingerprint density at radius 1 is 1.58 bits per heavy atom. The first-order valence-corrected chi connectivity index (χ1v) is 7.63. The fraction of sp³-hybridized carbons (Fsp3) is 0.636. The second-order valence-corrected chi connectivity index (χ2v) is 6.59. The maximum absolute atomic E-state index is 12.4. The lowest BCUT2D eigenvalue weighted by Gasteiger charge is -2.18. The molecular formula is C11H17N3O4S. The summed E-state index contributed by atoms with van der Waals surface area (Å²) in [6.07, 6.45) is 3.75. The minimum Gasteiger partial charge on any atom is -0.480 e. The summed E-state index contributed by atoms with van der Waals surface area (Å²) in [6, 6.07) is 0. The third kappa shape index (κ3) is 3.32.